The second kappa shape index (κ2) is 9.79. The summed E-state index contributed by atoms with van der Waals surface area (Å²) in [4.78, 5) is 16.9. The van der Waals surface area contributed by atoms with E-state index in [1.165, 1.54) is 11.3 Å². The lowest BCUT2D eigenvalue weighted by Crippen LogP contribution is -2.31. The summed E-state index contributed by atoms with van der Waals surface area (Å²) in [6, 6.07) is 12.9. The number of nitrogens with zero attached hydrogens (tertiary/aromatic N) is 1. The van der Waals surface area contributed by atoms with E-state index in [1.54, 1.807) is 17.5 Å². The highest BCUT2D eigenvalue weighted by Gasteiger charge is 2.19. The first-order valence-electron chi connectivity index (χ1n) is 9.61. The van der Waals surface area contributed by atoms with Crippen LogP contribution in [0.25, 0.3) is 10.6 Å². The molecule has 0 aliphatic carbocycles. The highest BCUT2D eigenvalue weighted by molar-refractivity contribution is 7.13. The summed E-state index contributed by atoms with van der Waals surface area (Å²) in [5.41, 5.74) is 2.05. The molecule has 3 aromatic rings. The summed E-state index contributed by atoms with van der Waals surface area (Å²) < 4.78 is 11.5. The first kappa shape index (κ1) is 21.1. The van der Waals surface area contributed by atoms with E-state index in [9.17, 15) is 4.79 Å². The van der Waals surface area contributed by atoms with Gasteiger partial charge in [-0.25, -0.2) is 4.98 Å². The van der Waals surface area contributed by atoms with Crippen LogP contribution in [0.3, 0.4) is 0 Å². The zero-order chi connectivity index (χ0) is 20.9. The Labute approximate surface area is 188 Å². The summed E-state index contributed by atoms with van der Waals surface area (Å²) in [7, 11) is 0. The SMILES string of the molecule is O=C(NC[C@@H]1CCCO1)c1csc(-c2ccccc2OCc2ccc(Cl)cc2Cl)n1. The summed E-state index contributed by atoms with van der Waals surface area (Å²) >= 11 is 13.6. The Morgan fingerprint density at radius 2 is 2.13 bits per heavy atom. The number of thiazole rings is 1. The number of carbonyl (C=O) groups excluding carboxylic acids is 1. The molecule has 1 aliphatic heterocycles. The highest BCUT2D eigenvalue weighted by atomic mass is 35.5. The number of hydrogen-bond donors (Lipinski definition) is 1. The molecule has 0 spiro atoms. The first-order valence-corrected chi connectivity index (χ1v) is 11.2. The molecule has 2 heterocycles. The minimum absolute atomic E-state index is 0.0980. The molecule has 2 aromatic carbocycles. The summed E-state index contributed by atoms with van der Waals surface area (Å²) in [5, 5.41) is 6.51. The van der Waals surface area contributed by atoms with Crippen LogP contribution in [0.5, 0.6) is 5.75 Å². The van der Waals surface area contributed by atoms with Crippen molar-refractivity contribution < 1.29 is 14.3 Å². The number of hydrogen-bond acceptors (Lipinski definition) is 5. The van der Waals surface area contributed by atoms with Gasteiger partial charge in [-0.15, -0.1) is 11.3 Å². The molecule has 1 aliphatic rings. The standard InChI is InChI=1S/C22H20Cl2N2O3S/c23-15-8-7-14(18(24)10-15)12-29-20-6-2-1-5-17(20)22-26-19(13-30-22)21(27)25-11-16-4-3-9-28-16/h1-2,5-8,10,13,16H,3-4,9,11-12H2,(H,25,27)/t16-/m0/s1. The molecule has 0 bridgehead atoms. The number of para-hydroxylation sites is 1. The molecule has 1 N–H and O–H groups in total. The van der Waals surface area contributed by atoms with Crippen molar-refractivity contribution >= 4 is 40.4 Å². The summed E-state index contributed by atoms with van der Waals surface area (Å²) in [6.07, 6.45) is 2.12. The Hall–Kier alpha value is -2.12. The Morgan fingerprint density at radius 3 is 2.93 bits per heavy atom. The molecular formula is C22H20Cl2N2O3S. The van der Waals surface area contributed by atoms with Crippen molar-refractivity contribution in [3.63, 3.8) is 0 Å². The number of halogens is 2. The molecule has 0 radical (unpaired) electrons. The Bertz CT molecular complexity index is 1030. The van der Waals surface area contributed by atoms with Gasteiger partial charge in [0.05, 0.1) is 11.7 Å². The fourth-order valence-electron chi connectivity index (χ4n) is 3.17. The van der Waals surface area contributed by atoms with E-state index < -0.39 is 0 Å². The molecule has 1 aromatic heterocycles. The van der Waals surface area contributed by atoms with Gasteiger partial charge in [0, 0.05) is 34.1 Å². The van der Waals surface area contributed by atoms with Gasteiger partial charge < -0.3 is 14.8 Å². The number of nitrogens with one attached hydrogen (secondary N) is 1. The van der Waals surface area contributed by atoms with Crippen LogP contribution in [0.1, 0.15) is 28.9 Å². The number of benzene rings is 2. The number of amides is 1. The smallest absolute Gasteiger partial charge is 0.270 e. The summed E-state index contributed by atoms with van der Waals surface area (Å²) in [5.74, 6) is 0.475. The van der Waals surface area contributed by atoms with Crippen molar-refractivity contribution in [1.82, 2.24) is 10.3 Å². The Balaban J connectivity index is 1.45. The van der Waals surface area contributed by atoms with Gasteiger partial charge in [0.25, 0.3) is 5.91 Å². The van der Waals surface area contributed by atoms with Gasteiger partial charge in [-0.1, -0.05) is 41.4 Å². The number of aromatic nitrogens is 1. The maximum atomic E-state index is 12.4. The van der Waals surface area contributed by atoms with Crippen molar-refractivity contribution in [2.45, 2.75) is 25.6 Å². The van der Waals surface area contributed by atoms with Crippen LogP contribution in [0.2, 0.25) is 10.0 Å². The third-order valence-electron chi connectivity index (χ3n) is 4.77. The predicted octanol–water partition coefficient (Wildman–Crippen LogP) is 5.60. The van der Waals surface area contributed by atoms with Crippen LogP contribution in [-0.2, 0) is 11.3 Å². The lowest BCUT2D eigenvalue weighted by atomic mass is 10.2. The third-order valence-corrected chi connectivity index (χ3v) is 6.23. The molecule has 0 unspecified atom stereocenters. The number of rotatable bonds is 7. The van der Waals surface area contributed by atoms with Gasteiger partial charge in [-0.3, -0.25) is 4.79 Å². The normalized spacial score (nSPS) is 15.9. The zero-order valence-corrected chi connectivity index (χ0v) is 18.4. The van der Waals surface area contributed by atoms with E-state index in [0.717, 1.165) is 35.6 Å². The second-order valence-electron chi connectivity index (χ2n) is 6.90. The highest BCUT2D eigenvalue weighted by Crippen LogP contribution is 2.33. The van der Waals surface area contributed by atoms with Crippen molar-refractivity contribution in [2.75, 3.05) is 13.2 Å². The minimum atomic E-state index is -0.195. The molecule has 0 saturated carbocycles. The third kappa shape index (κ3) is 5.13. The lowest BCUT2D eigenvalue weighted by Gasteiger charge is -2.11. The van der Waals surface area contributed by atoms with Crippen LogP contribution in [0.15, 0.2) is 47.8 Å². The molecule has 156 valence electrons. The second-order valence-corrected chi connectivity index (χ2v) is 8.61. The van der Waals surface area contributed by atoms with Crippen LogP contribution in [-0.4, -0.2) is 30.1 Å². The van der Waals surface area contributed by atoms with Gasteiger partial charge >= 0.3 is 0 Å². The van der Waals surface area contributed by atoms with Crippen LogP contribution in [0.4, 0.5) is 0 Å². The van der Waals surface area contributed by atoms with Crippen molar-refractivity contribution in [3.05, 3.63) is 69.1 Å². The molecule has 30 heavy (non-hydrogen) atoms. The van der Waals surface area contributed by atoms with E-state index in [-0.39, 0.29) is 12.0 Å². The van der Waals surface area contributed by atoms with Crippen molar-refractivity contribution in [2.24, 2.45) is 0 Å². The molecule has 8 heteroatoms. The predicted molar refractivity (Wildman–Crippen MR) is 120 cm³/mol. The van der Waals surface area contributed by atoms with Crippen LogP contribution < -0.4 is 10.1 Å². The molecule has 5 nitrogen and oxygen atoms in total. The van der Waals surface area contributed by atoms with Gasteiger partial charge in [0.1, 0.15) is 23.1 Å². The van der Waals surface area contributed by atoms with Gasteiger partial charge in [0.15, 0.2) is 0 Å². The Kier molecular flexibility index (Phi) is 6.89. The largest absolute Gasteiger partial charge is 0.488 e. The van der Waals surface area contributed by atoms with E-state index >= 15 is 0 Å². The lowest BCUT2D eigenvalue weighted by molar-refractivity contribution is 0.0854. The first-order chi connectivity index (χ1) is 14.6. The van der Waals surface area contributed by atoms with Crippen LogP contribution >= 0.6 is 34.5 Å². The average Bonchev–Trinajstić information content (AvgIpc) is 3.44. The van der Waals surface area contributed by atoms with Crippen LogP contribution in [0, 0.1) is 0 Å². The van der Waals surface area contributed by atoms with Gasteiger partial charge in [-0.05, 0) is 37.1 Å². The fraction of sp³-hybridized carbons (Fsp3) is 0.273. The topological polar surface area (TPSA) is 60.5 Å². The van der Waals surface area contributed by atoms with Gasteiger partial charge in [-0.2, -0.15) is 0 Å². The molecule has 1 fully saturated rings. The maximum absolute atomic E-state index is 12.4. The monoisotopic (exact) mass is 462 g/mol. The van der Waals surface area contributed by atoms with Gasteiger partial charge in [0.2, 0.25) is 0 Å². The quantitative estimate of drug-likeness (QED) is 0.495. The Morgan fingerprint density at radius 1 is 1.27 bits per heavy atom. The van der Waals surface area contributed by atoms with Crippen molar-refractivity contribution in [3.8, 4) is 16.3 Å². The van der Waals surface area contributed by atoms with E-state index in [0.29, 0.717) is 34.6 Å². The summed E-state index contributed by atoms with van der Waals surface area (Å²) in [6.45, 7) is 1.57. The number of ether oxygens (including phenoxy) is 2. The van der Waals surface area contributed by atoms with Crippen molar-refractivity contribution in [1.29, 1.82) is 0 Å². The number of carbonyl (C=O) groups is 1. The minimum Gasteiger partial charge on any atom is -0.488 e. The molecule has 1 amide bonds. The fourth-order valence-corrected chi connectivity index (χ4v) is 4.46. The van der Waals surface area contributed by atoms with E-state index in [4.69, 9.17) is 32.7 Å². The molecule has 4 rings (SSSR count). The van der Waals surface area contributed by atoms with E-state index in [1.807, 2.05) is 30.3 Å². The van der Waals surface area contributed by atoms with E-state index in [2.05, 4.69) is 10.3 Å². The molecule has 1 atom stereocenters. The molecular weight excluding hydrogens is 443 g/mol. The maximum Gasteiger partial charge on any atom is 0.270 e. The zero-order valence-electron chi connectivity index (χ0n) is 16.1. The average molecular weight is 463 g/mol. The molecule has 1 saturated heterocycles.